The number of nitrogens with zero attached hydrogens (tertiary/aromatic N) is 1. The van der Waals surface area contributed by atoms with E-state index in [4.69, 9.17) is 0 Å². The van der Waals surface area contributed by atoms with Crippen molar-refractivity contribution in [3.63, 3.8) is 0 Å². The Morgan fingerprint density at radius 1 is 1.34 bits per heavy atom. The maximum atomic E-state index is 13.0. The van der Waals surface area contributed by atoms with Crippen molar-refractivity contribution in [1.29, 1.82) is 0 Å². The highest BCUT2D eigenvalue weighted by Gasteiger charge is 2.20. The first-order valence-electron chi connectivity index (χ1n) is 9.68. The van der Waals surface area contributed by atoms with E-state index in [2.05, 4.69) is 6.08 Å². The molecule has 2 aromatic rings. The number of rotatable bonds is 10. The van der Waals surface area contributed by atoms with Crippen LogP contribution < -0.4 is 4.31 Å². The summed E-state index contributed by atoms with van der Waals surface area (Å²) in [5.74, 6) is 0.317. The summed E-state index contributed by atoms with van der Waals surface area (Å²) in [7, 11) is -1.95. The van der Waals surface area contributed by atoms with Crippen LogP contribution in [0.25, 0.3) is 6.08 Å². The predicted octanol–water partition coefficient (Wildman–Crippen LogP) is 3.99. The molecule has 1 heterocycles. The molecule has 29 heavy (non-hydrogen) atoms. The third-order valence-corrected chi connectivity index (χ3v) is 7.08. The minimum absolute atomic E-state index is 0.0705. The van der Waals surface area contributed by atoms with Crippen LogP contribution in [0.2, 0.25) is 0 Å². The van der Waals surface area contributed by atoms with E-state index in [1.54, 1.807) is 29.5 Å². The highest BCUT2D eigenvalue weighted by Crippen LogP contribution is 2.31. The number of hydrogen-bond donors (Lipinski definition) is 1. The van der Waals surface area contributed by atoms with Crippen molar-refractivity contribution in [2.24, 2.45) is 11.8 Å². The van der Waals surface area contributed by atoms with Gasteiger partial charge < -0.3 is 5.11 Å². The van der Waals surface area contributed by atoms with Gasteiger partial charge in [-0.05, 0) is 77.3 Å². The van der Waals surface area contributed by atoms with Gasteiger partial charge in [-0.15, -0.1) is 0 Å². The zero-order chi connectivity index (χ0) is 21.0. The molecule has 0 unspecified atom stereocenters. The normalized spacial score (nSPS) is 15.6. The lowest BCUT2D eigenvalue weighted by molar-refractivity contribution is 0.0936. The second-order valence-corrected chi connectivity index (χ2v) is 10.5. The lowest BCUT2D eigenvalue weighted by atomic mass is 9.93. The van der Waals surface area contributed by atoms with E-state index in [-0.39, 0.29) is 24.7 Å². The van der Waals surface area contributed by atoms with Crippen LogP contribution in [-0.2, 0) is 16.4 Å². The van der Waals surface area contributed by atoms with Crippen LogP contribution in [-0.4, -0.2) is 39.2 Å². The summed E-state index contributed by atoms with van der Waals surface area (Å²) in [5.41, 5.74) is 2.86. The Bertz CT molecular complexity index is 976. The maximum absolute atomic E-state index is 13.0. The van der Waals surface area contributed by atoms with Gasteiger partial charge in [0.2, 0.25) is 10.0 Å². The SMILES string of the molecule is CN(c1cc(C=CC2CC2)cc(C(=O)C[C@H](CO)Cc2ccsc2)c1)S(C)(=O)=O. The van der Waals surface area contributed by atoms with Gasteiger partial charge >= 0.3 is 0 Å². The third-order valence-electron chi connectivity index (χ3n) is 5.14. The number of sulfonamides is 1. The van der Waals surface area contributed by atoms with E-state index in [9.17, 15) is 18.3 Å². The van der Waals surface area contributed by atoms with Crippen LogP contribution in [0, 0.1) is 11.8 Å². The molecule has 1 aliphatic carbocycles. The van der Waals surface area contributed by atoms with E-state index >= 15 is 0 Å². The summed E-state index contributed by atoms with van der Waals surface area (Å²) in [6.07, 6.45) is 8.42. The van der Waals surface area contributed by atoms with E-state index in [1.165, 1.54) is 24.2 Å². The van der Waals surface area contributed by atoms with Crippen LogP contribution in [0.3, 0.4) is 0 Å². The lowest BCUT2D eigenvalue weighted by Gasteiger charge is -2.19. The van der Waals surface area contributed by atoms with E-state index in [0.29, 0.717) is 23.6 Å². The number of benzene rings is 1. The minimum Gasteiger partial charge on any atom is -0.396 e. The number of hydrogen-bond acceptors (Lipinski definition) is 5. The first-order valence-corrected chi connectivity index (χ1v) is 12.5. The summed E-state index contributed by atoms with van der Waals surface area (Å²) < 4.78 is 25.2. The second kappa shape index (κ2) is 9.24. The van der Waals surface area contributed by atoms with Gasteiger partial charge in [0.25, 0.3) is 0 Å². The zero-order valence-corrected chi connectivity index (χ0v) is 18.4. The van der Waals surface area contributed by atoms with Gasteiger partial charge in [0, 0.05) is 25.6 Å². The summed E-state index contributed by atoms with van der Waals surface area (Å²) in [6.45, 7) is -0.0705. The molecule has 0 radical (unpaired) electrons. The molecule has 0 bridgehead atoms. The third kappa shape index (κ3) is 6.26. The smallest absolute Gasteiger partial charge is 0.231 e. The zero-order valence-electron chi connectivity index (χ0n) is 16.7. The average Bonchev–Trinajstić information content (AvgIpc) is 3.38. The van der Waals surface area contributed by atoms with Gasteiger partial charge in [0.05, 0.1) is 11.9 Å². The number of carbonyl (C=O) groups excluding carboxylic acids is 1. The predicted molar refractivity (Wildman–Crippen MR) is 119 cm³/mol. The fourth-order valence-electron chi connectivity index (χ4n) is 3.12. The fraction of sp³-hybridized carbons (Fsp3) is 0.409. The highest BCUT2D eigenvalue weighted by atomic mass is 32.2. The van der Waals surface area contributed by atoms with Crippen LogP contribution in [0.4, 0.5) is 5.69 Å². The van der Waals surface area contributed by atoms with E-state index in [1.807, 2.05) is 22.9 Å². The second-order valence-electron chi connectivity index (χ2n) is 7.75. The number of thiophene rings is 1. The molecule has 0 aliphatic heterocycles. The first-order chi connectivity index (χ1) is 13.8. The molecule has 1 atom stereocenters. The highest BCUT2D eigenvalue weighted by molar-refractivity contribution is 7.92. The molecule has 1 N–H and O–H groups in total. The molecule has 7 heteroatoms. The molecule has 0 amide bonds. The van der Waals surface area contributed by atoms with Crippen LogP contribution in [0.15, 0.2) is 41.1 Å². The number of Topliss-reactive ketones (excluding diaryl/α,β-unsaturated/α-hetero) is 1. The number of aliphatic hydroxyl groups excluding tert-OH is 1. The monoisotopic (exact) mass is 433 g/mol. The van der Waals surface area contributed by atoms with Gasteiger partial charge in [-0.1, -0.05) is 12.2 Å². The molecule has 1 aliphatic rings. The van der Waals surface area contributed by atoms with Gasteiger partial charge in [-0.2, -0.15) is 11.3 Å². The molecule has 156 valence electrons. The van der Waals surface area contributed by atoms with Crippen molar-refractivity contribution in [2.75, 3.05) is 24.2 Å². The van der Waals surface area contributed by atoms with Crippen LogP contribution in [0.5, 0.6) is 0 Å². The minimum atomic E-state index is -3.44. The fourth-order valence-corrected chi connectivity index (χ4v) is 4.29. The molecular formula is C22H27NO4S2. The van der Waals surface area contributed by atoms with Crippen molar-refractivity contribution in [1.82, 2.24) is 0 Å². The van der Waals surface area contributed by atoms with E-state index < -0.39 is 10.0 Å². The molecule has 0 saturated heterocycles. The molecule has 5 nitrogen and oxygen atoms in total. The molecular weight excluding hydrogens is 406 g/mol. The summed E-state index contributed by atoms with van der Waals surface area (Å²) >= 11 is 1.59. The molecule has 1 saturated carbocycles. The topological polar surface area (TPSA) is 74.7 Å². The van der Waals surface area contributed by atoms with Crippen molar-refractivity contribution in [3.05, 3.63) is 57.8 Å². The summed E-state index contributed by atoms with van der Waals surface area (Å²) in [4.78, 5) is 13.0. The van der Waals surface area contributed by atoms with E-state index in [0.717, 1.165) is 17.4 Å². The Balaban J connectivity index is 1.84. The van der Waals surface area contributed by atoms with Gasteiger partial charge in [-0.25, -0.2) is 8.42 Å². The van der Waals surface area contributed by atoms with Gasteiger partial charge in [0.1, 0.15) is 0 Å². The molecule has 3 rings (SSSR count). The van der Waals surface area contributed by atoms with Crippen LogP contribution in [0.1, 0.15) is 40.7 Å². The Labute approximate surface area is 176 Å². The molecule has 1 aromatic heterocycles. The largest absolute Gasteiger partial charge is 0.396 e. The van der Waals surface area contributed by atoms with Crippen molar-refractivity contribution >= 4 is 38.9 Å². The number of carbonyl (C=O) groups is 1. The Hall–Kier alpha value is -1.96. The summed E-state index contributed by atoms with van der Waals surface area (Å²) in [6, 6.07) is 7.21. The number of aliphatic hydroxyl groups is 1. The van der Waals surface area contributed by atoms with Crippen molar-refractivity contribution < 1.29 is 18.3 Å². The number of anilines is 1. The van der Waals surface area contributed by atoms with Crippen molar-refractivity contribution in [2.45, 2.75) is 25.7 Å². The number of ketones is 1. The van der Waals surface area contributed by atoms with Gasteiger partial charge in [0.15, 0.2) is 5.78 Å². The number of allylic oxidation sites excluding steroid dienone is 1. The standard InChI is InChI=1S/C22H27NO4S2/c1-23(29(2,26)27)21-11-17(6-5-16-3-4-16)10-20(13-21)22(25)12-19(14-24)9-18-7-8-28-15-18/h5-8,10-11,13,15-16,19,24H,3-4,9,12,14H2,1-2H3/t19-/m1/s1. The Kier molecular flexibility index (Phi) is 6.93. The van der Waals surface area contributed by atoms with Crippen molar-refractivity contribution in [3.8, 4) is 0 Å². The Morgan fingerprint density at radius 3 is 2.69 bits per heavy atom. The first kappa shape index (κ1) is 21.7. The molecule has 1 fully saturated rings. The van der Waals surface area contributed by atoms with Crippen LogP contribution >= 0.6 is 11.3 Å². The average molecular weight is 434 g/mol. The lowest BCUT2D eigenvalue weighted by Crippen LogP contribution is -2.25. The maximum Gasteiger partial charge on any atom is 0.231 e. The van der Waals surface area contributed by atoms with Gasteiger partial charge in [-0.3, -0.25) is 9.10 Å². The molecule has 1 aromatic carbocycles. The molecule has 0 spiro atoms. The Morgan fingerprint density at radius 2 is 2.10 bits per heavy atom. The summed E-state index contributed by atoms with van der Waals surface area (Å²) in [5, 5.41) is 13.7. The quantitative estimate of drug-likeness (QED) is 0.575.